The number of rotatable bonds is 8. The highest BCUT2D eigenvalue weighted by atomic mass is 127. The van der Waals surface area contributed by atoms with Crippen molar-refractivity contribution in [2.24, 2.45) is 0 Å². The monoisotopic (exact) mass is 590 g/mol. The molecule has 0 heterocycles. The number of esters is 1. The van der Waals surface area contributed by atoms with Crippen LogP contribution in [0.5, 0.6) is 5.75 Å². The Balaban J connectivity index is 2.41. The summed E-state index contributed by atoms with van der Waals surface area (Å²) in [5, 5.41) is 10.7. The third-order valence-electron chi connectivity index (χ3n) is 5.41. The number of halogens is 7. The van der Waals surface area contributed by atoms with E-state index in [0.29, 0.717) is 16.3 Å². The maximum atomic E-state index is 13.1. The van der Waals surface area contributed by atoms with Crippen LogP contribution < -0.4 is 4.74 Å². The quantitative estimate of drug-likeness (QED) is 0.124. The molecule has 0 atom stereocenters. The molecule has 2 rings (SSSR count). The minimum atomic E-state index is -5.97. The lowest BCUT2D eigenvalue weighted by Gasteiger charge is -2.38. The van der Waals surface area contributed by atoms with Crippen molar-refractivity contribution in [3.63, 3.8) is 0 Å². The normalized spacial score (nSPS) is 13.3. The first-order valence-corrected chi connectivity index (χ1v) is 10.8. The molecule has 0 unspecified atom stereocenters. The molecular weight excluding hydrogens is 569 g/mol. The number of carbonyl (C=O) groups is 1. The van der Waals surface area contributed by atoms with E-state index in [1.165, 1.54) is 12.1 Å². The Kier molecular flexibility index (Phi) is 8.12. The maximum Gasteiger partial charge on any atom is 0.428 e. The number of carbonyl (C=O) groups excluding carboxylic acids is 1. The van der Waals surface area contributed by atoms with Crippen molar-refractivity contribution in [2.45, 2.75) is 50.2 Å². The Labute approximate surface area is 199 Å². The maximum absolute atomic E-state index is 13.1. The average Bonchev–Trinajstić information content (AvgIpc) is 2.72. The molecule has 0 bridgehead atoms. The zero-order valence-corrected chi connectivity index (χ0v) is 19.8. The van der Waals surface area contributed by atoms with Gasteiger partial charge in [0.25, 0.3) is 5.60 Å². The summed E-state index contributed by atoms with van der Waals surface area (Å²) in [5.41, 5.74) is -6.17. The smallest absolute Gasteiger partial charge is 0.423 e. The molecule has 11 heteroatoms. The first-order valence-electron chi connectivity index (χ1n) is 9.71. The zero-order valence-electron chi connectivity index (χ0n) is 17.6. The number of hydrogen-bond donors (Lipinski definition) is 1. The van der Waals surface area contributed by atoms with Gasteiger partial charge in [0.15, 0.2) is 0 Å². The van der Waals surface area contributed by atoms with E-state index in [1.807, 2.05) is 0 Å². The Morgan fingerprint density at radius 2 is 1.48 bits per heavy atom. The van der Waals surface area contributed by atoms with Crippen molar-refractivity contribution in [3.05, 3.63) is 52.1 Å². The molecule has 0 aliphatic heterocycles. The van der Waals surface area contributed by atoms with Crippen LogP contribution in [0.1, 0.15) is 32.3 Å². The first-order chi connectivity index (χ1) is 15.1. The van der Waals surface area contributed by atoms with Crippen LogP contribution in [0.4, 0.5) is 26.3 Å². The summed E-state index contributed by atoms with van der Waals surface area (Å²) in [4.78, 5) is 11.7. The van der Waals surface area contributed by atoms with Gasteiger partial charge in [-0.25, -0.2) is 4.79 Å². The summed E-state index contributed by atoms with van der Waals surface area (Å²) < 4.78 is 89.0. The van der Waals surface area contributed by atoms with E-state index >= 15 is 0 Å². The minimum Gasteiger partial charge on any atom is -0.423 e. The summed E-state index contributed by atoms with van der Waals surface area (Å²) in [6.45, 7) is 4.60. The Morgan fingerprint density at radius 1 is 0.970 bits per heavy atom. The van der Waals surface area contributed by atoms with Gasteiger partial charge in [-0.05, 0) is 70.0 Å². The molecule has 0 saturated heterocycles. The molecular formula is C22H21F6IO4. The van der Waals surface area contributed by atoms with Crippen molar-refractivity contribution >= 4 is 39.3 Å². The van der Waals surface area contributed by atoms with Crippen LogP contribution in [-0.4, -0.2) is 35.6 Å². The Hall–Kier alpha value is -1.86. The van der Waals surface area contributed by atoms with Crippen LogP contribution in [-0.2, 0) is 15.1 Å². The van der Waals surface area contributed by atoms with Crippen LogP contribution in [0.25, 0.3) is 10.8 Å². The summed E-state index contributed by atoms with van der Waals surface area (Å²) in [5.74, 6) is -0.384. The van der Waals surface area contributed by atoms with E-state index in [1.54, 1.807) is 60.7 Å². The SMILES string of the molecule is C=C(I)C(=O)Oc1ccc2cc(C(CC)(CC)OCC(O)(C(F)(F)F)C(F)(F)F)ccc2c1. The van der Waals surface area contributed by atoms with Crippen molar-refractivity contribution < 1.29 is 45.7 Å². The predicted octanol–water partition coefficient (Wildman–Crippen LogP) is 6.58. The van der Waals surface area contributed by atoms with Gasteiger partial charge in [-0.3, -0.25) is 0 Å². The molecule has 0 aromatic heterocycles. The predicted molar refractivity (Wildman–Crippen MR) is 118 cm³/mol. The number of alkyl halides is 6. The standard InChI is InChI=1S/C22H21F6IO4/c1-4-19(5-2,32-12-20(31,21(23,24)25)22(26,27)28)16-8-6-15-11-17(9-7-14(15)10-16)33-18(30)13(3)29/h6-11,31H,3-5,12H2,1-2H3. The Bertz CT molecular complexity index is 1010. The number of fused-ring (bicyclic) bond motifs is 1. The highest BCUT2D eigenvalue weighted by Gasteiger charge is 2.71. The molecule has 4 nitrogen and oxygen atoms in total. The van der Waals surface area contributed by atoms with Gasteiger partial charge >= 0.3 is 18.3 Å². The van der Waals surface area contributed by atoms with E-state index in [4.69, 9.17) is 9.47 Å². The third-order valence-corrected chi connectivity index (χ3v) is 5.85. The molecule has 2 aromatic rings. The van der Waals surface area contributed by atoms with E-state index in [0.717, 1.165) is 0 Å². The number of aliphatic hydroxyl groups is 1. The lowest BCUT2D eigenvalue weighted by molar-refractivity contribution is -0.383. The van der Waals surface area contributed by atoms with Gasteiger partial charge in [-0.15, -0.1) is 0 Å². The molecule has 0 aliphatic rings. The molecule has 0 fully saturated rings. The second-order valence-electron chi connectivity index (χ2n) is 7.36. The van der Waals surface area contributed by atoms with Crippen LogP contribution in [0.3, 0.4) is 0 Å². The lowest BCUT2D eigenvalue weighted by atomic mass is 9.86. The first kappa shape index (κ1) is 27.4. The van der Waals surface area contributed by atoms with Gasteiger partial charge in [0.05, 0.1) is 15.8 Å². The summed E-state index contributed by atoms with van der Waals surface area (Å²) in [7, 11) is 0. The summed E-state index contributed by atoms with van der Waals surface area (Å²) in [6.07, 6.45) is -11.8. The molecule has 0 aliphatic carbocycles. The zero-order chi connectivity index (χ0) is 25.2. The molecule has 1 N–H and O–H groups in total. The second-order valence-corrected chi connectivity index (χ2v) is 8.67. The molecule has 0 saturated carbocycles. The third kappa shape index (κ3) is 5.62. The summed E-state index contributed by atoms with van der Waals surface area (Å²) in [6, 6.07) is 9.32. The number of benzene rings is 2. The van der Waals surface area contributed by atoms with Crippen LogP contribution in [0, 0.1) is 0 Å². The second kappa shape index (κ2) is 9.79. The van der Waals surface area contributed by atoms with Gasteiger partial charge in [0, 0.05) is 0 Å². The van der Waals surface area contributed by atoms with E-state index in [2.05, 4.69) is 6.58 Å². The number of ether oxygens (including phenoxy) is 2. The van der Waals surface area contributed by atoms with Crippen molar-refractivity contribution in [1.29, 1.82) is 0 Å². The van der Waals surface area contributed by atoms with Gasteiger partial charge in [-0.2, -0.15) is 26.3 Å². The number of hydrogen-bond acceptors (Lipinski definition) is 4. The lowest BCUT2D eigenvalue weighted by Crippen LogP contribution is -2.60. The molecule has 0 spiro atoms. The fourth-order valence-electron chi connectivity index (χ4n) is 3.25. The topological polar surface area (TPSA) is 55.8 Å². The van der Waals surface area contributed by atoms with Crippen molar-refractivity contribution in [1.82, 2.24) is 0 Å². The molecule has 0 radical (unpaired) electrons. The molecule has 182 valence electrons. The van der Waals surface area contributed by atoms with Gasteiger partial charge in [0.2, 0.25) is 0 Å². The van der Waals surface area contributed by atoms with Gasteiger partial charge in [0.1, 0.15) is 5.75 Å². The molecule has 2 aromatic carbocycles. The average molecular weight is 590 g/mol. The molecule has 0 amide bonds. The highest BCUT2D eigenvalue weighted by Crippen LogP contribution is 2.45. The van der Waals surface area contributed by atoms with Crippen LogP contribution >= 0.6 is 22.6 Å². The minimum absolute atomic E-state index is 0.0499. The van der Waals surface area contributed by atoms with E-state index < -0.39 is 36.1 Å². The van der Waals surface area contributed by atoms with Gasteiger partial charge < -0.3 is 14.6 Å². The van der Waals surface area contributed by atoms with Crippen molar-refractivity contribution in [2.75, 3.05) is 6.61 Å². The Morgan fingerprint density at radius 3 is 1.97 bits per heavy atom. The van der Waals surface area contributed by atoms with Crippen molar-refractivity contribution in [3.8, 4) is 5.75 Å². The summed E-state index contributed by atoms with van der Waals surface area (Å²) >= 11 is 1.72. The fraction of sp³-hybridized carbons (Fsp3) is 0.409. The van der Waals surface area contributed by atoms with E-state index in [-0.39, 0.29) is 22.2 Å². The van der Waals surface area contributed by atoms with Gasteiger partial charge in [-0.1, -0.05) is 38.6 Å². The fourth-order valence-corrected chi connectivity index (χ4v) is 3.36. The largest absolute Gasteiger partial charge is 0.428 e. The van der Waals surface area contributed by atoms with E-state index in [9.17, 15) is 36.2 Å². The molecule has 33 heavy (non-hydrogen) atoms. The highest BCUT2D eigenvalue weighted by molar-refractivity contribution is 14.1. The van der Waals surface area contributed by atoms with Crippen LogP contribution in [0.15, 0.2) is 46.6 Å². The van der Waals surface area contributed by atoms with Crippen LogP contribution in [0.2, 0.25) is 0 Å².